The number of para-hydroxylation sites is 1. The average Bonchev–Trinajstić information content (AvgIpc) is 2.97. The maximum Gasteiger partial charge on any atom is 0.326 e. The lowest BCUT2D eigenvalue weighted by atomic mass is 10.0. The molecule has 2 aromatic carbocycles. The molecule has 0 aliphatic rings. The van der Waals surface area contributed by atoms with E-state index in [9.17, 15) is 29.1 Å². The van der Waals surface area contributed by atoms with Crippen molar-refractivity contribution in [3.8, 4) is 0 Å². The molecule has 1 aromatic heterocycles. The highest BCUT2D eigenvalue weighted by Crippen LogP contribution is 2.12. The zero-order valence-corrected chi connectivity index (χ0v) is 22.9. The maximum absolute atomic E-state index is 12.2. The van der Waals surface area contributed by atoms with Crippen molar-refractivity contribution in [3.05, 3.63) is 78.0 Å². The van der Waals surface area contributed by atoms with E-state index in [1.165, 1.54) is 6.20 Å². The van der Waals surface area contributed by atoms with Crippen molar-refractivity contribution >= 4 is 40.6 Å². The number of aryl methyl sites for hydroxylation is 1. The summed E-state index contributed by atoms with van der Waals surface area (Å²) in [6.07, 6.45) is 2.30. The third-order valence-electron chi connectivity index (χ3n) is 6.11. The van der Waals surface area contributed by atoms with Crippen LogP contribution in [0.5, 0.6) is 0 Å². The van der Waals surface area contributed by atoms with E-state index in [1.807, 2.05) is 54.6 Å². The molecule has 3 aromatic rings. The number of carboxylic acids is 2. The molecule has 0 saturated heterocycles. The molecule has 0 spiro atoms. The molecule has 42 heavy (non-hydrogen) atoms. The van der Waals surface area contributed by atoms with Crippen LogP contribution in [0.2, 0.25) is 0 Å². The number of carboxylic acid groups (broad SMARTS) is 2. The van der Waals surface area contributed by atoms with Gasteiger partial charge in [-0.3, -0.25) is 24.2 Å². The number of nitrogens with one attached hydrogen (secondary N) is 2. The summed E-state index contributed by atoms with van der Waals surface area (Å²) < 4.78 is 0. The van der Waals surface area contributed by atoms with E-state index in [-0.39, 0.29) is 19.4 Å². The minimum absolute atomic E-state index is 0.170. The fourth-order valence-corrected chi connectivity index (χ4v) is 3.77. The van der Waals surface area contributed by atoms with Gasteiger partial charge in [0.05, 0.1) is 29.6 Å². The molecule has 0 fully saturated rings. The summed E-state index contributed by atoms with van der Waals surface area (Å²) in [7, 11) is 0. The maximum atomic E-state index is 12.2. The van der Waals surface area contributed by atoms with Crippen LogP contribution in [-0.4, -0.2) is 69.5 Å². The van der Waals surface area contributed by atoms with Crippen LogP contribution in [0.15, 0.2) is 66.9 Å². The van der Waals surface area contributed by atoms with Gasteiger partial charge in [0.15, 0.2) is 0 Å². The molecule has 0 bridgehead atoms. The fraction of sp³-hybridized carbons (Fsp3) is 0.310. The van der Waals surface area contributed by atoms with Crippen LogP contribution in [0.3, 0.4) is 0 Å². The van der Waals surface area contributed by atoms with Crippen molar-refractivity contribution in [2.24, 2.45) is 17.2 Å². The topological polar surface area (TPSA) is 241 Å². The number of aromatic nitrogens is 1. The number of amides is 3. The Kier molecular flexibility index (Phi) is 13.5. The van der Waals surface area contributed by atoms with Crippen LogP contribution >= 0.6 is 0 Å². The van der Waals surface area contributed by atoms with Crippen molar-refractivity contribution in [2.75, 3.05) is 6.54 Å². The molecule has 0 unspecified atom stereocenters. The van der Waals surface area contributed by atoms with E-state index in [0.717, 1.165) is 16.5 Å². The number of nitrogens with zero attached hydrogens (tertiary/aromatic N) is 1. The Balaban J connectivity index is 0.000000389. The highest BCUT2D eigenvalue weighted by molar-refractivity contribution is 5.96. The second-order valence-corrected chi connectivity index (χ2v) is 9.45. The number of primary amides is 1. The number of carbonyl (C=O) groups is 5. The van der Waals surface area contributed by atoms with Crippen molar-refractivity contribution in [2.45, 2.75) is 50.2 Å². The third-order valence-corrected chi connectivity index (χ3v) is 6.11. The van der Waals surface area contributed by atoms with Gasteiger partial charge in [-0.05, 0) is 43.4 Å². The van der Waals surface area contributed by atoms with Gasteiger partial charge in [-0.2, -0.15) is 0 Å². The van der Waals surface area contributed by atoms with Crippen LogP contribution < -0.4 is 27.8 Å². The molecular weight excluding hydrogens is 544 g/mol. The molecule has 3 amide bonds. The summed E-state index contributed by atoms with van der Waals surface area (Å²) in [5.74, 6) is -3.94. The van der Waals surface area contributed by atoms with E-state index >= 15 is 0 Å². The Morgan fingerprint density at radius 3 is 2.17 bits per heavy atom. The minimum Gasteiger partial charge on any atom is -0.481 e. The summed E-state index contributed by atoms with van der Waals surface area (Å²) in [6, 6.07) is 15.5. The standard InChI is InChI=1S/C19H28N4O6.C10H8N2O/c20-13(7-4-10-22-17(26)14(21)11-16(24)25)18(27)23-15(19(28)29)9-8-12-5-2-1-3-6-12;11-10(13)8-5-7-3-1-2-4-9(7)12-6-8/h1-3,5-6,13-15H,4,7-11,20-21H2,(H,22,26)(H,23,27)(H,24,25)(H,28,29);1-6H,(H2,11,13)/t13-,14-,15+;/m0./s1. The normalized spacial score (nSPS) is 12.6. The van der Waals surface area contributed by atoms with Crippen LogP contribution in [-0.2, 0) is 25.6 Å². The second-order valence-electron chi connectivity index (χ2n) is 9.45. The van der Waals surface area contributed by atoms with Gasteiger partial charge >= 0.3 is 11.9 Å². The van der Waals surface area contributed by atoms with Gasteiger partial charge in [0, 0.05) is 18.1 Å². The molecule has 224 valence electrons. The van der Waals surface area contributed by atoms with E-state index in [0.29, 0.717) is 18.4 Å². The first-order valence-electron chi connectivity index (χ1n) is 13.2. The molecule has 0 aliphatic heterocycles. The lowest BCUT2D eigenvalue weighted by Crippen LogP contribution is -2.49. The molecule has 13 nitrogen and oxygen atoms in total. The van der Waals surface area contributed by atoms with Gasteiger partial charge in [0.1, 0.15) is 6.04 Å². The zero-order chi connectivity index (χ0) is 31.1. The van der Waals surface area contributed by atoms with Gasteiger partial charge in [-0.15, -0.1) is 0 Å². The second kappa shape index (κ2) is 17.0. The summed E-state index contributed by atoms with van der Waals surface area (Å²) in [5.41, 5.74) is 18.6. The quantitative estimate of drug-likeness (QED) is 0.131. The molecule has 0 saturated carbocycles. The number of aliphatic carboxylic acids is 2. The van der Waals surface area contributed by atoms with E-state index in [1.54, 1.807) is 6.07 Å². The Labute approximate surface area is 242 Å². The van der Waals surface area contributed by atoms with E-state index in [2.05, 4.69) is 15.6 Å². The Morgan fingerprint density at radius 2 is 1.52 bits per heavy atom. The summed E-state index contributed by atoms with van der Waals surface area (Å²) >= 11 is 0. The first-order valence-corrected chi connectivity index (χ1v) is 13.2. The average molecular weight is 581 g/mol. The Morgan fingerprint density at radius 1 is 0.857 bits per heavy atom. The molecule has 0 radical (unpaired) electrons. The number of rotatable bonds is 14. The highest BCUT2D eigenvalue weighted by Gasteiger charge is 2.23. The number of fused-ring (bicyclic) bond motifs is 1. The van der Waals surface area contributed by atoms with Crippen LogP contribution in [0, 0.1) is 0 Å². The van der Waals surface area contributed by atoms with E-state index in [4.69, 9.17) is 22.3 Å². The Hall–Kier alpha value is -4.88. The van der Waals surface area contributed by atoms with Gasteiger partial charge in [0.2, 0.25) is 17.7 Å². The minimum atomic E-state index is -1.17. The van der Waals surface area contributed by atoms with Gasteiger partial charge in [-0.25, -0.2) is 4.79 Å². The third kappa shape index (κ3) is 11.7. The smallest absolute Gasteiger partial charge is 0.326 e. The largest absolute Gasteiger partial charge is 0.481 e. The Bertz CT molecular complexity index is 1370. The zero-order valence-electron chi connectivity index (χ0n) is 22.9. The summed E-state index contributed by atoms with van der Waals surface area (Å²) in [4.78, 5) is 60.6. The highest BCUT2D eigenvalue weighted by atomic mass is 16.4. The van der Waals surface area contributed by atoms with Crippen molar-refractivity contribution in [3.63, 3.8) is 0 Å². The number of pyridine rings is 1. The molecule has 1 heterocycles. The first-order chi connectivity index (χ1) is 20.0. The molecule has 0 aliphatic carbocycles. The van der Waals surface area contributed by atoms with Gasteiger partial charge < -0.3 is 38.0 Å². The SMILES string of the molecule is NC(=O)c1cnc2ccccc2c1.N[C@@H](CC(=O)O)C(=O)NCCC[C@H](N)C(=O)N[C@H](CCc1ccccc1)C(=O)O. The van der Waals surface area contributed by atoms with Crippen molar-refractivity contribution in [1.29, 1.82) is 0 Å². The molecule has 13 heteroatoms. The van der Waals surface area contributed by atoms with Crippen LogP contribution in [0.4, 0.5) is 0 Å². The summed E-state index contributed by atoms with van der Waals surface area (Å²) in [5, 5.41) is 23.7. The molecule has 3 atom stereocenters. The van der Waals surface area contributed by atoms with Crippen LogP contribution in [0.25, 0.3) is 10.9 Å². The number of benzene rings is 2. The predicted molar refractivity (Wildman–Crippen MR) is 155 cm³/mol. The monoisotopic (exact) mass is 580 g/mol. The molecular formula is C29H36N6O7. The summed E-state index contributed by atoms with van der Waals surface area (Å²) in [6.45, 7) is 0.170. The predicted octanol–water partition coefficient (Wildman–Crippen LogP) is 0.548. The van der Waals surface area contributed by atoms with E-state index < -0.39 is 54.2 Å². The van der Waals surface area contributed by atoms with Gasteiger partial charge in [-0.1, -0.05) is 48.5 Å². The fourth-order valence-electron chi connectivity index (χ4n) is 3.77. The van der Waals surface area contributed by atoms with Crippen LogP contribution in [0.1, 0.15) is 41.6 Å². The van der Waals surface area contributed by atoms with Gasteiger partial charge in [0.25, 0.3) is 0 Å². The van der Waals surface area contributed by atoms with Crippen molar-refractivity contribution < 1.29 is 34.2 Å². The number of hydrogen-bond donors (Lipinski definition) is 7. The lowest BCUT2D eigenvalue weighted by molar-refractivity contribution is -0.142. The first kappa shape index (κ1) is 33.3. The molecule has 10 N–H and O–H groups in total. The number of hydrogen-bond acceptors (Lipinski definition) is 8. The molecule has 3 rings (SSSR count). The lowest BCUT2D eigenvalue weighted by Gasteiger charge is -2.18. The number of nitrogens with two attached hydrogens (primary N) is 3. The number of carbonyl (C=O) groups excluding carboxylic acids is 3. The van der Waals surface area contributed by atoms with Crippen molar-refractivity contribution in [1.82, 2.24) is 15.6 Å².